The molecule has 172 valence electrons. The normalized spacial score (nSPS) is 30.3. The number of nitrogens with zero attached hydrogens (tertiary/aromatic N) is 3. The maximum absolute atomic E-state index is 13.6. The Kier molecular flexibility index (Phi) is 6.70. The van der Waals surface area contributed by atoms with Gasteiger partial charge >= 0.3 is 6.03 Å². The molecule has 3 heterocycles. The molecule has 0 aromatic heterocycles. The van der Waals surface area contributed by atoms with Gasteiger partial charge in [-0.2, -0.15) is 0 Å². The number of carbonyl (C=O) groups excluding carboxylic acids is 3. The fourth-order valence-corrected chi connectivity index (χ4v) is 6.16. The van der Waals surface area contributed by atoms with E-state index < -0.39 is 5.54 Å². The van der Waals surface area contributed by atoms with Gasteiger partial charge in [-0.1, -0.05) is 19.4 Å². The van der Waals surface area contributed by atoms with Gasteiger partial charge in [0.05, 0.1) is 0 Å². The van der Waals surface area contributed by atoms with Gasteiger partial charge in [-0.25, -0.2) is 4.79 Å². The fourth-order valence-electron chi connectivity index (χ4n) is 6.16. The molecule has 1 aliphatic carbocycles. The SMILES string of the molecule is CCC[C@]1(C2CCN(C(=O)C3=CCCC3)CC2)NC(=O)N(CC[C@H]2CCCN2C)C1=O. The summed E-state index contributed by atoms with van der Waals surface area (Å²) in [6.07, 6.45) is 11.3. The van der Waals surface area contributed by atoms with Crippen LogP contribution in [-0.2, 0) is 9.59 Å². The summed E-state index contributed by atoms with van der Waals surface area (Å²) in [6.45, 7) is 5.00. The summed E-state index contributed by atoms with van der Waals surface area (Å²) < 4.78 is 0. The van der Waals surface area contributed by atoms with Crippen molar-refractivity contribution in [2.24, 2.45) is 5.92 Å². The van der Waals surface area contributed by atoms with Crippen LogP contribution in [0.25, 0.3) is 0 Å². The number of carbonyl (C=O) groups is 3. The predicted octanol–water partition coefficient (Wildman–Crippen LogP) is 2.91. The molecular weight excluding hydrogens is 392 g/mol. The first-order valence-corrected chi connectivity index (χ1v) is 12.3. The summed E-state index contributed by atoms with van der Waals surface area (Å²) in [6, 6.07) is 0.231. The molecule has 0 saturated carbocycles. The van der Waals surface area contributed by atoms with Crippen molar-refractivity contribution in [1.82, 2.24) is 20.0 Å². The van der Waals surface area contributed by atoms with Gasteiger partial charge < -0.3 is 15.1 Å². The smallest absolute Gasteiger partial charge is 0.325 e. The fraction of sp³-hybridized carbons (Fsp3) is 0.792. The number of likely N-dealkylation sites (tertiary alicyclic amines) is 2. The van der Waals surface area contributed by atoms with Crippen molar-refractivity contribution in [3.05, 3.63) is 11.6 Å². The van der Waals surface area contributed by atoms with Crippen LogP contribution in [0.5, 0.6) is 0 Å². The van der Waals surface area contributed by atoms with Crippen molar-refractivity contribution in [2.75, 3.05) is 33.2 Å². The number of urea groups is 1. The van der Waals surface area contributed by atoms with E-state index in [9.17, 15) is 14.4 Å². The lowest BCUT2D eigenvalue weighted by atomic mass is 9.74. The summed E-state index contributed by atoms with van der Waals surface area (Å²) in [5.74, 6) is 0.220. The number of amides is 4. The highest BCUT2D eigenvalue weighted by Gasteiger charge is 2.55. The van der Waals surface area contributed by atoms with E-state index in [1.165, 1.54) is 11.3 Å². The van der Waals surface area contributed by atoms with Crippen LogP contribution < -0.4 is 5.32 Å². The number of nitrogens with one attached hydrogen (secondary N) is 1. The third kappa shape index (κ3) is 4.26. The molecule has 0 radical (unpaired) electrons. The average Bonchev–Trinajstić information content (AvgIpc) is 3.49. The molecule has 7 heteroatoms. The largest absolute Gasteiger partial charge is 0.339 e. The second-order valence-electron chi connectivity index (χ2n) is 9.86. The van der Waals surface area contributed by atoms with Crippen LogP contribution in [0.4, 0.5) is 4.79 Å². The molecule has 2 atom stereocenters. The van der Waals surface area contributed by atoms with E-state index >= 15 is 0 Å². The number of hydrogen-bond donors (Lipinski definition) is 1. The second-order valence-corrected chi connectivity index (χ2v) is 9.86. The second kappa shape index (κ2) is 9.31. The van der Waals surface area contributed by atoms with Crippen LogP contribution in [0.1, 0.15) is 71.1 Å². The molecule has 4 rings (SSSR count). The summed E-state index contributed by atoms with van der Waals surface area (Å²) in [7, 11) is 2.13. The average molecular weight is 431 g/mol. The Morgan fingerprint density at radius 3 is 2.55 bits per heavy atom. The summed E-state index contributed by atoms with van der Waals surface area (Å²) in [4.78, 5) is 44.9. The Balaban J connectivity index is 1.40. The number of rotatable bonds is 7. The van der Waals surface area contributed by atoms with Gasteiger partial charge in [-0.05, 0) is 77.3 Å². The molecule has 0 aromatic rings. The molecule has 3 saturated heterocycles. The third-order valence-electron chi connectivity index (χ3n) is 8.00. The van der Waals surface area contributed by atoms with E-state index in [-0.39, 0.29) is 23.8 Å². The topological polar surface area (TPSA) is 73.0 Å². The van der Waals surface area contributed by atoms with Crippen LogP contribution in [0.15, 0.2) is 11.6 Å². The van der Waals surface area contributed by atoms with E-state index in [1.807, 2.05) is 4.90 Å². The Bertz CT molecular complexity index is 743. The van der Waals surface area contributed by atoms with Gasteiger partial charge in [0, 0.05) is 31.2 Å². The van der Waals surface area contributed by atoms with Gasteiger partial charge in [0.25, 0.3) is 5.91 Å². The van der Waals surface area contributed by atoms with Crippen molar-refractivity contribution in [2.45, 2.75) is 82.7 Å². The lowest BCUT2D eigenvalue weighted by molar-refractivity contribution is -0.135. The minimum Gasteiger partial charge on any atom is -0.339 e. The van der Waals surface area contributed by atoms with E-state index in [1.54, 1.807) is 0 Å². The third-order valence-corrected chi connectivity index (χ3v) is 8.00. The van der Waals surface area contributed by atoms with Crippen LogP contribution in [0, 0.1) is 5.92 Å². The Morgan fingerprint density at radius 2 is 1.94 bits per heavy atom. The summed E-state index contributed by atoms with van der Waals surface area (Å²) >= 11 is 0. The van der Waals surface area contributed by atoms with Gasteiger partial charge in [-0.3, -0.25) is 14.5 Å². The number of imide groups is 1. The zero-order chi connectivity index (χ0) is 22.0. The summed E-state index contributed by atoms with van der Waals surface area (Å²) in [5.41, 5.74) is 0.157. The highest BCUT2D eigenvalue weighted by atomic mass is 16.2. The lowest BCUT2D eigenvalue weighted by Gasteiger charge is -2.41. The Labute approximate surface area is 186 Å². The molecule has 3 fully saturated rings. The van der Waals surface area contributed by atoms with Gasteiger partial charge in [-0.15, -0.1) is 0 Å². The number of allylic oxidation sites excluding steroid dienone is 1. The van der Waals surface area contributed by atoms with E-state index in [0.29, 0.717) is 32.1 Å². The Morgan fingerprint density at radius 1 is 1.16 bits per heavy atom. The molecule has 4 aliphatic rings. The van der Waals surface area contributed by atoms with Crippen molar-refractivity contribution >= 4 is 17.8 Å². The minimum absolute atomic E-state index is 0.0386. The van der Waals surface area contributed by atoms with Crippen LogP contribution in [0.3, 0.4) is 0 Å². The standard InChI is InChI=1S/C24H38N4O3/c1-3-13-24(19-10-15-27(16-11-19)21(29)18-7-4-5-8-18)22(30)28(23(31)25-24)17-12-20-9-6-14-26(20)2/h7,19-20H,3-6,8-17H2,1-2H3,(H,25,31)/t20-,24-/m1/s1. The molecule has 7 nitrogen and oxygen atoms in total. The van der Waals surface area contributed by atoms with E-state index in [2.05, 4.69) is 30.3 Å². The summed E-state index contributed by atoms with van der Waals surface area (Å²) in [5, 5.41) is 3.13. The maximum atomic E-state index is 13.6. The quantitative estimate of drug-likeness (QED) is 0.631. The molecule has 0 aromatic carbocycles. The van der Waals surface area contributed by atoms with Gasteiger partial charge in [0.15, 0.2) is 0 Å². The van der Waals surface area contributed by atoms with E-state index in [0.717, 1.165) is 63.5 Å². The molecule has 3 aliphatic heterocycles. The lowest BCUT2D eigenvalue weighted by Crippen LogP contribution is -2.56. The molecule has 31 heavy (non-hydrogen) atoms. The molecular formula is C24H38N4O3. The van der Waals surface area contributed by atoms with Crippen LogP contribution in [0.2, 0.25) is 0 Å². The molecule has 4 amide bonds. The highest BCUT2D eigenvalue weighted by Crippen LogP contribution is 2.38. The Hall–Kier alpha value is -1.89. The monoisotopic (exact) mass is 430 g/mol. The van der Waals surface area contributed by atoms with Crippen molar-refractivity contribution in [3.63, 3.8) is 0 Å². The molecule has 0 unspecified atom stereocenters. The highest BCUT2D eigenvalue weighted by molar-refractivity contribution is 6.07. The van der Waals surface area contributed by atoms with Crippen molar-refractivity contribution in [1.29, 1.82) is 0 Å². The maximum Gasteiger partial charge on any atom is 0.325 e. The molecule has 1 N–H and O–H groups in total. The molecule has 0 spiro atoms. The molecule has 0 bridgehead atoms. The number of hydrogen-bond acceptors (Lipinski definition) is 4. The predicted molar refractivity (Wildman–Crippen MR) is 119 cm³/mol. The first kappa shape index (κ1) is 22.3. The zero-order valence-corrected chi connectivity index (χ0v) is 19.2. The van der Waals surface area contributed by atoms with Crippen molar-refractivity contribution in [3.8, 4) is 0 Å². The number of piperidine rings is 1. The van der Waals surface area contributed by atoms with Crippen LogP contribution >= 0.6 is 0 Å². The van der Waals surface area contributed by atoms with Crippen molar-refractivity contribution < 1.29 is 14.4 Å². The van der Waals surface area contributed by atoms with Gasteiger partial charge in [0.1, 0.15) is 5.54 Å². The minimum atomic E-state index is -0.796. The van der Waals surface area contributed by atoms with E-state index in [4.69, 9.17) is 0 Å². The first-order valence-electron chi connectivity index (χ1n) is 12.3. The van der Waals surface area contributed by atoms with Crippen LogP contribution in [-0.4, -0.2) is 77.4 Å². The zero-order valence-electron chi connectivity index (χ0n) is 19.2. The van der Waals surface area contributed by atoms with Gasteiger partial charge in [0.2, 0.25) is 5.91 Å². The first-order chi connectivity index (χ1) is 15.0.